The highest BCUT2D eigenvalue weighted by molar-refractivity contribution is 6.88. The minimum Gasteiger partial charge on any atom is -0.456 e. The highest BCUT2D eigenvalue weighted by Gasteiger charge is 2.19. The van der Waals surface area contributed by atoms with Crippen molar-refractivity contribution in [2.24, 2.45) is 0 Å². The average molecular weight is 647 g/mol. The van der Waals surface area contributed by atoms with Gasteiger partial charge >= 0.3 is 0 Å². The van der Waals surface area contributed by atoms with E-state index in [0.29, 0.717) is 0 Å². The molecule has 0 radical (unpaired) electrons. The Hall–Kier alpha value is -5.84. The van der Waals surface area contributed by atoms with Gasteiger partial charge in [0, 0.05) is 43.7 Å². The van der Waals surface area contributed by atoms with Crippen LogP contribution in [0.5, 0.6) is 0 Å². The molecule has 234 valence electrons. The van der Waals surface area contributed by atoms with Gasteiger partial charge in [0.1, 0.15) is 11.2 Å². The van der Waals surface area contributed by atoms with Crippen molar-refractivity contribution in [2.45, 2.75) is 19.6 Å². The zero-order chi connectivity index (χ0) is 32.9. The van der Waals surface area contributed by atoms with Crippen LogP contribution in [0.25, 0.3) is 88.1 Å². The normalized spacial score (nSPS) is 12.4. The highest BCUT2D eigenvalue weighted by atomic mass is 28.3. The van der Waals surface area contributed by atoms with Gasteiger partial charge in [-0.3, -0.25) is 0 Å². The summed E-state index contributed by atoms with van der Waals surface area (Å²) in [7, 11) is -1.39. The van der Waals surface area contributed by atoms with E-state index in [9.17, 15) is 0 Å². The molecule has 0 spiro atoms. The third kappa shape index (κ3) is 4.27. The summed E-state index contributed by atoms with van der Waals surface area (Å²) in [5, 5.41) is 8.78. The molecule has 0 aliphatic carbocycles. The first-order valence-electron chi connectivity index (χ1n) is 17.0. The van der Waals surface area contributed by atoms with Crippen LogP contribution in [0.1, 0.15) is 0 Å². The molecular weight excluding hydrogens is 613 g/mol. The number of furan rings is 1. The van der Waals surface area contributed by atoms with Crippen molar-refractivity contribution >= 4 is 78.8 Å². The van der Waals surface area contributed by atoms with Gasteiger partial charge in [0.15, 0.2) is 0 Å². The smallest absolute Gasteiger partial charge is 0.135 e. The lowest BCUT2D eigenvalue weighted by atomic mass is 10.0. The minimum atomic E-state index is -1.39. The fraction of sp³-hybridized carbons (Fsp3) is 0.0667. The summed E-state index contributed by atoms with van der Waals surface area (Å²) in [6.45, 7) is 7.21. The predicted molar refractivity (Wildman–Crippen MR) is 211 cm³/mol. The third-order valence-corrected chi connectivity index (χ3v) is 12.4. The van der Waals surface area contributed by atoms with Crippen molar-refractivity contribution in [3.8, 4) is 22.5 Å². The van der Waals surface area contributed by atoms with Gasteiger partial charge in [-0.1, -0.05) is 110 Å². The molecular formula is C45H34N2OSi. The lowest BCUT2D eigenvalue weighted by molar-refractivity contribution is 0.669. The van der Waals surface area contributed by atoms with Crippen molar-refractivity contribution in [1.82, 2.24) is 9.13 Å². The number of hydrogen-bond acceptors (Lipinski definition) is 1. The molecule has 0 aliphatic rings. The van der Waals surface area contributed by atoms with E-state index in [1.165, 1.54) is 65.6 Å². The number of rotatable bonds is 4. The van der Waals surface area contributed by atoms with Gasteiger partial charge in [0.05, 0.1) is 30.1 Å². The first kappa shape index (κ1) is 28.2. The maximum Gasteiger partial charge on any atom is 0.135 e. The van der Waals surface area contributed by atoms with Crippen LogP contribution in [0.2, 0.25) is 19.6 Å². The van der Waals surface area contributed by atoms with E-state index in [4.69, 9.17) is 4.42 Å². The van der Waals surface area contributed by atoms with Gasteiger partial charge < -0.3 is 13.6 Å². The van der Waals surface area contributed by atoms with Gasteiger partial charge in [-0.15, -0.1) is 0 Å². The molecule has 49 heavy (non-hydrogen) atoms. The van der Waals surface area contributed by atoms with Crippen LogP contribution in [-0.2, 0) is 0 Å². The molecule has 3 heterocycles. The summed E-state index contributed by atoms with van der Waals surface area (Å²) < 4.78 is 11.0. The van der Waals surface area contributed by atoms with E-state index in [-0.39, 0.29) is 0 Å². The SMILES string of the molecule is C[Si](C)(C)c1ccc(-n2c3ccccc3c3cc(-c4ccc5c6ccccc6n(-c6ccc7oc8ccccc8c7c6)c5c4)ccc32)cc1. The summed E-state index contributed by atoms with van der Waals surface area (Å²) in [5.41, 5.74) is 11.4. The number of hydrogen-bond donors (Lipinski definition) is 0. The Kier molecular flexibility index (Phi) is 5.94. The molecule has 0 fully saturated rings. The molecule has 0 bridgehead atoms. The summed E-state index contributed by atoms with van der Waals surface area (Å²) in [4.78, 5) is 0. The van der Waals surface area contributed by atoms with Crippen LogP contribution in [0.3, 0.4) is 0 Å². The van der Waals surface area contributed by atoms with Crippen LogP contribution >= 0.6 is 0 Å². The van der Waals surface area contributed by atoms with Crippen molar-refractivity contribution in [1.29, 1.82) is 0 Å². The lowest BCUT2D eigenvalue weighted by Crippen LogP contribution is -2.37. The van der Waals surface area contributed by atoms with Crippen LogP contribution in [0.4, 0.5) is 0 Å². The molecule has 7 aromatic carbocycles. The van der Waals surface area contributed by atoms with Gasteiger partial charge in [-0.05, 0) is 77.9 Å². The fourth-order valence-electron chi connectivity index (χ4n) is 7.82. The van der Waals surface area contributed by atoms with E-state index in [1.54, 1.807) is 0 Å². The van der Waals surface area contributed by atoms with Crippen molar-refractivity contribution in [2.75, 3.05) is 0 Å². The molecule has 0 amide bonds. The second-order valence-corrected chi connectivity index (χ2v) is 19.3. The first-order chi connectivity index (χ1) is 23.9. The first-order valence-corrected chi connectivity index (χ1v) is 20.5. The molecule has 0 saturated heterocycles. The molecule has 0 aliphatic heterocycles. The maximum absolute atomic E-state index is 6.18. The van der Waals surface area contributed by atoms with Crippen LogP contribution in [0, 0.1) is 0 Å². The van der Waals surface area contributed by atoms with E-state index in [1.807, 2.05) is 12.1 Å². The molecule has 10 aromatic rings. The largest absolute Gasteiger partial charge is 0.456 e. The van der Waals surface area contributed by atoms with Crippen molar-refractivity contribution in [3.63, 3.8) is 0 Å². The Bertz CT molecular complexity index is 2910. The van der Waals surface area contributed by atoms with Gasteiger partial charge in [0.25, 0.3) is 0 Å². The summed E-state index contributed by atoms with van der Waals surface area (Å²) in [6, 6.07) is 55.5. The van der Waals surface area contributed by atoms with Crippen molar-refractivity contribution in [3.05, 3.63) is 152 Å². The fourth-order valence-corrected chi connectivity index (χ4v) is 8.99. The topological polar surface area (TPSA) is 23.0 Å². The van der Waals surface area contributed by atoms with E-state index in [0.717, 1.165) is 27.6 Å². The Balaban J connectivity index is 1.16. The average Bonchev–Trinajstić information content (AvgIpc) is 3.78. The summed E-state index contributed by atoms with van der Waals surface area (Å²) in [6.07, 6.45) is 0. The quantitative estimate of drug-likeness (QED) is 0.175. The number of aromatic nitrogens is 2. The van der Waals surface area contributed by atoms with Crippen LogP contribution in [-0.4, -0.2) is 17.2 Å². The van der Waals surface area contributed by atoms with Crippen molar-refractivity contribution < 1.29 is 4.42 Å². The number of para-hydroxylation sites is 3. The summed E-state index contributed by atoms with van der Waals surface area (Å²) >= 11 is 0. The Morgan fingerprint density at radius 2 is 0.939 bits per heavy atom. The molecule has 3 nitrogen and oxygen atoms in total. The van der Waals surface area contributed by atoms with Gasteiger partial charge in [-0.2, -0.15) is 0 Å². The maximum atomic E-state index is 6.18. The molecule has 0 unspecified atom stereocenters. The van der Waals surface area contributed by atoms with E-state index in [2.05, 4.69) is 168 Å². The van der Waals surface area contributed by atoms with Crippen LogP contribution in [0.15, 0.2) is 156 Å². The minimum absolute atomic E-state index is 0.908. The monoisotopic (exact) mass is 646 g/mol. The zero-order valence-electron chi connectivity index (χ0n) is 27.7. The molecule has 0 atom stereocenters. The lowest BCUT2D eigenvalue weighted by Gasteiger charge is -2.17. The van der Waals surface area contributed by atoms with Crippen LogP contribution < -0.4 is 5.19 Å². The van der Waals surface area contributed by atoms with E-state index >= 15 is 0 Å². The third-order valence-electron chi connectivity index (χ3n) is 10.3. The summed E-state index contributed by atoms with van der Waals surface area (Å²) in [5.74, 6) is 0. The number of benzene rings is 7. The molecule has 3 aromatic heterocycles. The second-order valence-electron chi connectivity index (χ2n) is 14.2. The van der Waals surface area contributed by atoms with E-state index < -0.39 is 8.07 Å². The molecule has 0 saturated carbocycles. The second kappa shape index (κ2) is 10.3. The Morgan fingerprint density at radius 1 is 0.388 bits per heavy atom. The highest BCUT2D eigenvalue weighted by Crippen LogP contribution is 2.39. The Labute approximate surface area is 285 Å². The standard InChI is InChI=1S/C45H34N2OSi/c1-49(2,3)33-21-18-31(19-22-33)46-41-14-8-5-11-35(41)38-26-29(17-24-42(38)46)30-16-23-36-34-10-4-7-13-40(34)47(43(36)27-30)32-20-25-45-39(28-32)37-12-6-9-15-44(37)48-45/h4-28H,1-3H3. The number of nitrogens with zero attached hydrogens (tertiary/aromatic N) is 2. The molecule has 0 N–H and O–H groups in total. The molecule has 10 rings (SSSR count). The van der Waals surface area contributed by atoms with Gasteiger partial charge in [0.2, 0.25) is 0 Å². The van der Waals surface area contributed by atoms with Gasteiger partial charge in [-0.25, -0.2) is 0 Å². The molecule has 4 heteroatoms. The predicted octanol–water partition coefficient (Wildman–Crippen LogP) is 12.0. The number of fused-ring (bicyclic) bond motifs is 9. The Morgan fingerprint density at radius 3 is 1.69 bits per heavy atom. The zero-order valence-corrected chi connectivity index (χ0v) is 28.7.